The first-order valence-electron chi connectivity index (χ1n) is 25.3. The van der Waals surface area contributed by atoms with Gasteiger partial charge in [-0.1, -0.05) is 63.7 Å². The molecule has 396 valence electrons. The number of aromatic nitrogens is 8. The van der Waals surface area contributed by atoms with Gasteiger partial charge in [-0.25, -0.2) is 31.5 Å². The number of nitrogens with zero attached hydrogens (tertiary/aromatic N) is 12. The first-order chi connectivity index (χ1) is 36.3. The molecule has 9 rings (SSSR count). The summed E-state index contributed by atoms with van der Waals surface area (Å²) in [6.07, 6.45) is 5.77. The molecule has 0 unspecified atom stereocenters. The van der Waals surface area contributed by atoms with Crippen molar-refractivity contribution in [2.45, 2.75) is 85.5 Å². The largest absolute Gasteiger partial charge is 0.507 e. The molecule has 1 saturated heterocycles. The number of benzene rings is 2. The summed E-state index contributed by atoms with van der Waals surface area (Å²) in [6.45, 7) is 17.3. The summed E-state index contributed by atoms with van der Waals surface area (Å²) in [6, 6.07) is 21.1. The molecule has 7 heterocycles. The summed E-state index contributed by atoms with van der Waals surface area (Å²) < 4.78 is 66.0. The Kier molecular flexibility index (Phi) is 15.0. The van der Waals surface area contributed by atoms with E-state index >= 15 is 8.78 Å². The van der Waals surface area contributed by atoms with E-state index in [0.717, 1.165) is 34.3 Å². The fourth-order valence-corrected chi connectivity index (χ4v) is 11.4. The highest BCUT2D eigenvalue weighted by molar-refractivity contribution is 7.93. The monoisotopic (exact) mass is 1050 g/mol. The van der Waals surface area contributed by atoms with Crippen LogP contribution < -0.4 is 20.4 Å². The van der Waals surface area contributed by atoms with Gasteiger partial charge in [0, 0.05) is 69.5 Å². The molecular formula is C56H62F2N12O5S. The minimum absolute atomic E-state index is 0.0192. The highest BCUT2D eigenvalue weighted by Gasteiger charge is 2.37. The van der Waals surface area contributed by atoms with Crippen molar-refractivity contribution in [2.24, 2.45) is 0 Å². The second-order valence-corrected chi connectivity index (χ2v) is 21.9. The minimum Gasteiger partial charge on any atom is -0.507 e. The topological polar surface area (TPSA) is 192 Å². The van der Waals surface area contributed by atoms with E-state index in [0.29, 0.717) is 41.4 Å². The molecule has 0 spiro atoms. The van der Waals surface area contributed by atoms with E-state index < -0.39 is 56.4 Å². The fourth-order valence-electron chi connectivity index (χ4n) is 9.96. The number of phenolic OH excluding ortho intramolecular Hbond substituents is 1. The molecular weight excluding hydrogens is 991 g/mol. The Labute approximate surface area is 440 Å². The second-order valence-electron chi connectivity index (χ2n) is 19.9. The van der Waals surface area contributed by atoms with E-state index in [1.165, 1.54) is 21.0 Å². The smallest absolute Gasteiger partial charge is 0.355 e. The average Bonchev–Trinajstić information content (AvgIpc) is 3.87. The van der Waals surface area contributed by atoms with Gasteiger partial charge in [-0.2, -0.15) is 19.3 Å². The van der Waals surface area contributed by atoms with E-state index in [1.807, 2.05) is 93.7 Å². The van der Waals surface area contributed by atoms with Crippen molar-refractivity contribution in [3.63, 3.8) is 0 Å². The van der Waals surface area contributed by atoms with Crippen LogP contribution >= 0.6 is 0 Å². The number of hydrogen-bond acceptors (Lipinski definition) is 14. The van der Waals surface area contributed by atoms with Gasteiger partial charge in [0.25, 0.3) is 0 Å². The maximum absolute atomic E-state index is 16.5. The Hall–Kier alpha value is -7.68. The number of phenols is 1. The molecule has 0 bridgehead atoms. The molecule has 1 aliphatic rings. The van der Waals surface area contributed by atoms with Crippen molar-refractivity contribution < 1.29 is 27.4 Å². The normalized spacial score (nSPS) is 14.8. The van der Waals surface area contributed by atoms with Crippen molar-refractivity contribution >= 4 is 49.7 Å². The Morgan fingerprint density at radius 2 is 1.66 bits per heavy atom. The molecule has 0 saturated carbocycles. The van der Waals surface area contributed by atoms with Crippen LogP contribution in [0.4, 0.5) is 26.4 Å². The van der Waals surface area contributed by atoms with Crippen LogP contribution in [0.5, 0.6) is 5.75 Å². The van der Waals surface area contributed by atoms with Crippen molar-refractivity contribution in [3.8, 4) is 34.0 Å². The third kappa shape index (κ3) is 9.99. The molecule has 0 amide bonds. The highest BCUT2D eigenvalue weighted by Crippen LogP contribution is 2.38. The Morgan fingerprint density at radius 3 is 2.32 bits per heavy atom. The lowest BCUT2D eigenvalue weighted by Gasteiger charge is -2.41. The lowest BCUT2D eigenvalue weighted by Crippen LogP contribution is -2.55. The standard InChI is InChI=1S/C56H62F2N12O5S/c1-10-40(32-71)69(55-62-51(41-22-25-67(34(4)5)52(41)63-55)65(9)31-38-17-19-39(20-18-38)45-15-11-12-23-59-45)30-37(8)76(74,75)66-26-27-68(36(7)29-66)53-42-28-44(58)49(47-43(57)14-13-16-46(47)72)61-54(42)70(56(73)64-53)50-35(6)21-24-60-48(50)33(2)3/h11-25,28,33-34,36,40,71-72H,8,10,26-27,29-32H2,1-7,9H3/t36-,40+/m0/s1. The van der Waals surface area contributed by atoms with Gasteiger partial charge < -0.3 is 29.5 Å². The molecule has 8 aromatic rings. The first-order valence-corrected chi connectivity index (χ1v) is 26.8. The Balaban J connectivity index is 1.03. The number of piperazine rings is 1. The van der Waals surface area contributed by atoms with Gasteiger partial charge in [0.1, 0.15) is 34.5 Å². The third-order valence-corrected chi connectivity index (χ3v) is 15.9. The SMILES string of the molecule is C=C(CN(c1nc(N(C)Cc2ccc(-c3ccccn3)cc2)c2ccn(C(C)C)c2n1)[C@H](CC)CO)S(=O)(=O)N1CCN(c2nc(=O)n(-c3c(C)ccnc3C(C)C)c3nc(-c4c(O)cccc4F)c(F)cc23)[C@@H](C)C1. The van der Waals surface area contributed by atoms with Crippen LogP contribution in [0.25, 0.3) is 50.3 Å². The highest BCUT2D eigenvalue weighted by atomic mass is 32.2. The maximum Gasteiger partial charge on any atom is 0.355 e. The molecule has 17 nitrogen and oxygen atoms in total. The van der Waals surface area contributed by atoms with Gasteiger partial charge in [0.15, 0.2) is 11.5 Å². The predicted octanol–water partition coefficient (Wildman–Crippen LogP) is 8.91. The molecule has 2 atom stereocenters. The molecule has 6 aromatic heterocycles. The maximum atomic E-state index is 16.5. The van der Waals surface area contributed by atoms with E-state index in [9.17, 15) is 23.4 Å². The van der Waals surface area contributed by atoms with Crippen LogP contribution in [0.3, 0.4) is 0 Å². The van der Waals surface area contributed by atoms with Crippen LogP contribution in [0, 0.1) is 18.6 Å². The van der Waals surface area contributed by atoms with Crippen LogP contribution in [0.15, 0.2) is 114 Å². The molecule has 0 aliphatic carbocycles. The van der Waals surface area contributed by atoms with Gasteiger partial charge in [-0.3, -0.25) is 9.97 Å². The van der Waals surface area contributed by atoms with E-state index in [2.05, 4.69) is 38.6 Å². The van der Waals surface area contributed by atoms with Crippen molar-refractivity contribution in [1.29, 1.82) is 0 Å². The van der Waals surface area contributed by atoms with Crippen LogP contribution in [-0.4, -0.2) is 114 Å². The number of aromatic hydroxyl groups is 1. The van der Waals surface area contributed by atoms with Crippen molar-refractivity contribution in [1.82, 2.24) is 43.3 Å². The molecule has 1 fully saturated rings. The van der Waals surface area contributed by atoms with Gasteiger partial charge in [-0.15, -0.1) is 0 Å². The summed E-state index contributed by atoms with van der Waals surface area (Å²) in [5.74, 6) is -1.74. The molecule has 1 aliphatic heterocycles. The number of rotatable bonds is 17. The minimum atomic E-state index is -4.27. The summed E-state index contributed by atoms with van der Waals surface area (Å²) in [4.78, 5) is 48.2. The third-order valence-electron chi connectivity index (χ3n) is 14.0. The van der Waals surface area contributed by atoms with E-state index in [1.54, 1.807) is 42.1 Å². The quantitative estimate of drug-likeness (QED) is 0.0879. The summed E-state index contributed by atoms with van der Waals surface area (Å²) in [7, 11) is -2.33. The van der Waals surface area contributed by atoms with E-state index in [-0.39, 0.29) is 72.5 Å². The van der Waals surface area contributed by atoms with Crippen LogP contribution in [0.1, 0.15) is 76.7 Å². The molecule has 0 radical (unpaired) electrons. The Morgan fingerprint density at radius 1 is 0.895 bits per heavy atom. The lowest BCUT2D eigenvalue weighted by molar-refractivity contribution is 0.256. The fraction of sp³-hybridized carbons (Fsp3) is 0.339. The zero-order valence-corrected chi connectivity index (χ0v) is 44.7. The number of aliphatic hydroxyl groups is 1. The summed E-state index contributed by atoms with van der Waals surface area (Å²) in [5, 5.41) is 22.5. The number of sulfonamides is 1. The second kappa shape index (κ2) is 21.5. The first kappa shape index (κ1) is 53.2. The lowest BCUT2D eigenvalue weighted by atomic mass is 10.0. The number of halogens is 2. The Bertz CT molecular complexity index is 3620. The van der Waals surface area contributed by atoms with Gasteiger partial charge >= 0.3 is 5.69 Å². The predicted molar refractivity (Wildman–Crippen MR) is 293 cm³/mol. The molecule has 2 aromatic carbocycles. The number of anilines is 3. The number of hydrogen-bond donors (Lipinski definition) is 2. The number of aryl methyl sites for hydroxylation is 1. The molecule has 20 heteroatoms. The number of fused-ring (bicyclic) bond motifs is 2. The van der Waals surface area contributed by atoms with Crippen LogP contribution in [0.2, 0.25) is 0 Å². The van der Waals surface area contributed by atoms with Crippen LogP contribution in [-0.2, 0) is 16.6 Å². The molecule has 2 N–H and O–H groups in total. The van der Waals surface area contributed by atoms with Gasteiger partial charge in [0.2, 0.25) is 16.0 Å². The average molecular weight is 1050 g/mol. The zero-order chi connectivity index (χ0) is 54.3. The van der Waals surface area contributed by atoms with Gasteiger partial charge in [0.05, 0.1) is 57.5 Å². The number of pyridine rings is 3. The molecule has 76 heavy (non-hydrogen) atoms. The van der Waals surface area contributed by atoms with Crippen molar-refractivity contribution in [2.75, 3.05) is 54.5 Å². The summed E-state index contributed by atoms with van der Waals surface area (Å²) in [5.41, 5.74) is 3.25. The summed E-state index contributed by atoms with van der Waals surface area (Å²) >= 11 is 0. The van der Waals surface area contributed by atoms with Gasteiger partial charge in [-0.05, 0) is 93.6 Å². The zero-order valence-electron chi connectivity index (χ0n) is 43.9. The number of aliphatic hydroxyl groups excluding tert-OH is 1. The van der Waals surface area contributed by atoms with Crippen molar-refractivity contribution in [3.05, 3.63) is 148 Å². The van der Waals surface area contributed by atoms with E-state index in [4.69, 9.17) is 9.97 Å².